The molecule has 0 saturated carbocycles. The Balaban J connectivity index is 1.61. The van der Waals surface area contributed by atoms with Gasteiger partial charge in [-0.1, -0.05) is 37.3 Å². The number of halogens is 1. The Kier molecular flexibility index (Phi) is 6.64. The normalized spacial score (nSPS) is 19.6. The summed E-state index contributed by atoms with van der Waals surface area (Å²) in [6.07, 6.45) is 2.29. The number of anilines is 1. The van der Waals surface area contributed by atoms with Crippen molar-refractivity contribution in [2.45, 2.75) is 52.3 Å². The highest BCUT2D eigenvalue weighted by molar-refractivity contribution is 6.28. The Morgan fingerprint density at radius 2 is 1.94 bits per heavy atom. The Bertz CT molecular complexity index is 1130. The zero-order valence-corrected chi connectivity index (χ0v) is 20.7. The summed E-state index contributed by atoms with van der Waals surface area (Å²) in [5.41, 5.74) is 1.16. The van der Waals surface area contributed by atoms with E-state index >= 15 is 0 Å². The maximum atomic E-state index is 12.7. The maximum absolute atomic E-state index is 12.7. The van der Waals surface area contributed by atoms with Gasteiger partial charge >= 0.3 is 6.09 Å². The number of rotatable bonds is 4. The third kappa shape index (κ3) is 5.31. The van der Waals surface area contributed by atoms with Gasteiger partial charge in [-0.05, 0) is 62.9 Å². The second kappa shape index (κ2) is 9.31. The first-order valence-corrected chi connectivity index (χ1v) is 11.8. The summed E-state index contributed by atoms with van der Waals surface area (Å²) in [4.78, 5) is 26.3. The van der Waals surface area contributed by atoms with Gasteiger partial charge in [0.2, 0.25) is 5.28 Å². The van der Waals surface area contributed by atoms with Crippen molar-refractivity contribution in [1.29, 1.82) is 0 Å². The average Bonchev–Trinajstić information content (AvgIpc) is 3.17. The molecule has 0 spiro atoms. The van der Waals surface area contributed by atoms with E-state index in [0.717, 1.165) is 37.3 Å². The fraction of sp³-hybridized carbons (Fsp3) is 0.480. The van der Waals surface area contributed by atoms with Crippen molar-refractivity contribution in [1.82, 2.24) is 19.4 Å². The predicted molar refractivity (Wildman–Crippen MR) is 132 cm³/mol. The first-order valence-electron chi connectivity index (χ1n) is 11.4. The van der Waals surface area contributed by atoms with Crippen molar-refractivity contribution in [3.05, 3.63) is 53.4 Å². The van der Waals surface area contributed by atoms with Crippen LogP contribution in [-0.4, -0.2) is 57.3 Å². The molecule has 0 radical (unpaired) electrons. The largest absolute Gasteiger partial charge is 0.443 e. The number of carbonyl (C=O) groups is 1. The molecule has 1 aliphatic rings. The van der Waals surface area contributed by atoms with Gasteiger partial charge in [-0.3, -0.25) is 4.90 Å². The SMILES string of the molecule is C[C@@H]1CCN(Cc2ccccc2)C[C@@H]1N(C)c1nc(Cl)nc2c1ccn2C(=O)OC(C)(C)C. The van der Waals surface area contributed by atoms with Crippen molar-refractivity contribution < 1.29 is 9.53 Å². The van der Waals surface area contributed by atoms with E-state index in [1.165, 1.54) is 10.1 Å². The fourth-order valence-electron chi connectivity index (χ4n) is 4.46. The van der Waals surface area contributed by atoms with Gasteiger partial charge in [0.05, 0.1) is 5.39 Å². The molecule has 0 aliphatic carbocycles. The summed E-state index contributed by atoms with van der Waals surface area (Å²) >= 11 is 6.32. The molecular weight excluding hydrogens is 438 g/mol. The molecule has 0 unspecified atom stereocenters. The molecule has 8 heteroatoms. The average molecular weight is 470 g/mol. The maximum Gasteiger partial charge on any atom is 0.420 e. The number of aromatic nitrogens is 3. The Labute approximate surface area is 200 Å². The molecule has 0 N–H and O–H groups in total. The third-order valence-electron chi connectivity index (χ3n) is 6.17. The lowest BCUT2D eigenvalue weighted by atomic mass is 9.92. The standard InChI is InChI=1S/C25H32ClN5O2/c1-17-11-13-30(15-18-9-7-6-8-10-18)16-20(17)29(5)21-19-12-14-31(22(19)28-23(26)27-21)24(32)33-25(2,3)4/h6-10,12,14,17,20H,11,13,15-16H2,1-5H3/t17-,20+/m1/s1. The number of nitrogens with zero attached hydrogens (tertiary/aromatic N) is 5. The summed E-state index contributed by atoms with van der Waals surface area (Å²) in [6, 6.07) is 12.7. The minimum absolute atomic E-state index is 0.109. The first kappa shape index (κ1) is 23.5. The highest BCUT2D eigenvalue weighted by atomic mass is 35.5. The summed E-state index contributed by atoms with van der Waals surface area (Å²) in [6.45, 7) is 10.7. The lowest BCUT2D eigenvalue weighted by Crippen LogP contribution is -2.51. The van der Waals surface area contributed by atoms with E-state index in [1.54, 1.807) is 6.20 Å². The molecule has 1 fully saturated rings. The fourth-order valence-corrected chi connectivity index (χ4v) is 4.62. The zero-order chi connectivity index (χ0) is 23.8. The number of fused-ring (bicyclic) bond motifs is 1. The van der Waals surface area contributed by atoms with E-state index in [0.29, 0.717) is 11.6 Å². The molecule has 3 heterocycles. The van der Waals surface area contributed by atoms with Gasteiger partial charge < -0.3 is 9.64 Å². The number of benzene rings is 1. The number of likely N-dealkylation sites (N-methyl/N-ethyl adjacent to an activating group) is 1. The summed E-state index contributed by atoms with van der Waals surface area (Å²) in [7, 11) is 2.05. The van der Waals surface area contributed by atoms with Crippen LogP contribution in [-0.2, 0) is 11.3 Å². The van der Waals surface area contributed by atoms with Crippen LogP contribution in [0.1, 0.15) is 39.7 Å². The monoisotopic (exact) mass is 469 g/mol. The molecule has 7 nitrogen and oxygen atoms in total. The highest BCUT2D eigenvalue weighted by Gasteiger charge is 2.31. The van der Waals surface area contributed by atoms with Crippen LogP contribution in [0.3, 0.4) is 0 Å². The molecule has 1 aromatic carbocycles. The van der Waals surface area contributed by atoms with Crippen molar-refractivity contribution in [3.63, 3.8) is 0 Å². The summed E-state index contributed by atoms with van der Waals surface area (Å²) in [5.74, 6) is 1.21. The zero-order valence-electron chi connectivity index (χ0n) is 20.0. The van der Waals surface area contributed by atoms with Crippen LogP contribution in [0.2, 0.25) is 5.28 Å². The van der Waals surface area contributed by atoms with E-state index in [1.807, 2.05) is 32.9 Å². The molecule has 2 aromatic heterocycles. The van der Waals surface area contributed by atoms with E-state index in [4.69, 9.17) is 16.3 Å². The first-order chi connectivity index (χ1) is 15.6. The molecule has 2 atom stereocenters. The van der Waals surface area contributed by atoms with Crippen LogP contribution < -0.4 is 4.90 Å². The van der Waals surface area contributed by atoms with Crippen molar-refractivity contribution in [2.24, 2.45) is 5.92 Å². The van der Waals surface area contributed by atoms with Gasteiger partial charge in [0.1, 0.15) is 11.4 Å². The van der Waals surface area contributed by atoms with Gasteiger partial charge in [0.25, 0.3) is 0 Å². The molecule has 4 rings (SSSR count). The number of hydrogen-bond acceptors (Lipinski definition) is 6. The van der Waals surface area contributed by atoms with Crippen LogP contribution >= 0.6 is 11.6 Å². The van der Waals surface area contributed by atoms with Crippen LogP contribution in [0.25, 0.3) is 11.0 Å². The van der Waals surface area contributed by atoms with Gasteiger partial charge in [0.15, 0.2) is 5.65 Å². The minimum atomic E-state index is -0.607. The Hall–Kier alpha value is -2.64. The summed E-state index contributed by atoms with van der Waals surface area (Å²) < 4.78 is 6.94. The van der Waals surface area contributed by atoms with Gasteiger partial charge in [-0.2, -0.15) is 9.97 Å². The number of hydrogen-bond donors (Lipinski definition) is 0. The molecule has 0 bridgehead atoms. The van der Waals surface area contributed by atoms with Crippen molar-refractivity contribution in [2.75, 3.05) is 25.0 Å². The number of likely N-dealkylation sites (tertiary alicyclic amines) is 1. The Morgan fingerprint density at radius 3 is 2.64 bits per heavy atom. The second-order valence-corrected chi connectivity index (χ2v) is 10.2. The van der Waals surface area contributed by atoms with Crippen LogP contribution in [0, 0.1) is 5.92 Å². The Morgan fingerprint density at radius 1 is 1.21 bits per heavy atom. The quantitative estimate of drug-likeness (QED) is 0.488. The minimum Gasteiger partial charge on any atom is -0.443 e. The predicted octanol–water partition coefficient (Wildman–Crippen LogP) is 5.21. The number of ether oxygens (including phenoxy) is 1. The summed E-state index contributed by atoms with van der Waals surface area (Å²) in [5, 5.41) is 0.887. The molecule has 1 aliphatic heterocycles. The van der Waals surface area contributed by atoms with Crippen LogP contribution in [0.5, 0.6) is 0 Å². The number of carbonyl (C=O) groups excluding carboxylic acids is 1. The second-order valence-electron chi connectivity index (χ2n) is 9.88. The van der Waals surface area contributed by atoms with Crippen LogP contribution in [0.15, 0.2) is 42.6 Å². The topological polar surface area (TPSA) is 63.5 Å². The molecule has 3 aromatic rings. The van der Waals surface area contributed by atoms with Crippen molar-refractivity contribution >= 4 is 34.5 Å². The van der Waals surface area contributed by atoms with Gasteiger partial charge in [-0.15, -0.1) is 0 Å². The van der Waals surface area contributed by atoms with E-state index in [2.05, 4.69) is 58.0 Å². The van der Waals surface area contributed by atoms with E-state index in [9.17, 15) is 4.79 Å². The van der Waals surface area contributed by atoms with E-state index in [-0.39, 0.29) is 11.3 Å². The molecule has 33 heavy (non-hydrogen) atoms. The molecule has 0 amide bonds. The van der Waals surface area contributed by atoms with Gasteiger partial charge in [-0.25, -0.2) is 9.36 Å². The van der Waals surface area contributed by atoms with E-state index < -0.39 is 11.7 Å². The lowest BCUT2D eigenvalue weighted by Gasteiger charge is -2.42. The molecule has 176 valence electrons. The lowest BCUT2D eigenvalue weighted by molar-refractivity contribution is 0.0543. The van der Waals surface area contributed by atoms with Crippen LogP contribution in [0.4, 0.5) is 10.6 Å². The highest BCUT2D eigenvalue weighted by Crippen LogP contribution is 2.31. The smallest absolute Gasteiger partial charge is 0.420 e. The van der Waals surface area contributed by atoms with Crippen molar-refractivity contribution in [3.8, 4) is 0 Å². The number of piperidine rings is 1. The van der Waals surface area contributed by atoms with Gasteiger partial charge in [0, 0.05) is 32.4 Å². The molecule has 1 saturated heterocycles. The third-order valence-corrected chi connectivity index (χ3v) is 6.34. The molecular formula is C25H32ClN5O2.